The van der Waals surface area contributed by atoms with Crippen LogP contribution in [0.3, 0.4) is 0 Å². The number of carbonyl (C=O) groups is 4. The quantitative estimate of drug-likeness (QED) is 0.453. The van der Waals surface area contributed by atoms with E-state index in [4.69, 9.17) is 26.2 Å². The van der Waals surface area contributed by atoms with Crippen molar-refractivity contribution in [3.05, 3.63) is 57.0 Å². The van der Waals surface area contributed by atoms with Crippen LogP contribution in [0.2, 0.25) is 5.02 Å². The smallest absolute Gasteiger partial charge is 0.341 e. The molecule has 0 saturated carbocycles. The minimum absolute atomic E-state index is 0.143. The number of hydrogen-bond acceptors (Lipinski definition) is 6. The summed E-state index contributed by atoms with van der Waals surface area (Å²) >= 11 is 9.11. The van der Waals surface area contributed by atoms with Crippen molar-refractivity contribution in [1.82, 2.24) is 5.32 Å². The summed E-state index contributed by atoms with van der Waals surface area (Å²) in [6, 6.07) is 8.05. The predicted octanol–water partition coefficient (Wildman–Crippen LogP) is 3.24. The predicted molar refractivity (Wildman–Crippen MR) is 114 cm³/mol. The number of benzene rings is 2. The molecule has 2 aromatic carbocycles. The molecule has 0 radical (unpaired) electrons. The molecule has 0 bridgehead atoms. The second-order valence-corrected chi connectivity index (χ2v) is 7.44. The number of nitrogens with zero attached hydrogens (tertiary/aromatic N) is 1. The Morgan fingerprint density at radius 3 is 2.52 bits per heavy atom. The third-order valence-electron chi connectivity index (χ3n) is 4.09. The third kappa shape index (κ3) is 4.86. The van der Waals surface area contributed by atoms with Gasteiger partial charge in [-0.3, -0.25) is 14.9 Å². The zero-order valence-electron chi connectivity index (χ0n) is 15.8. The number of barbiturate groups is 1. The molecule has 3 rings (SSSR count). The summed E-state index contributed by atoms with van der Waals surface area (Å²) in [5, 5.41) is 11.3. The number of urea groups is 1. The van der Waals surface area contributed by atoms with Gasteiger partial charge in [0.1, 0.15) is 5.57 Å². The van der Waals surface area contributed by atoms with Gasteiger partial charge in [0, 0.05) is 5.02 Å². The number of imide groups is 2. The molecular weight excluding hydrogens is 496 g/mol. The molecule has 0 spiro atoms. The Labute approximate surface area is 189 Å². The monoisotopic (exact) mass is 508 g/mol. The van der Waals surface area contributed by atoms with E-state index in [2.05, 4.69) is 21.2 Å². The summed E-state index contributed by atoms with van der Waals surface area (Å²) < 4.78 is 10.8. The van der Waals surface area contributed by atoms with Crippen LogP contribution in [0.5, 0.6) is 11.5 Å². The number of aliphatic carboxylic acids is 1. The summed E-state index contributed by atoms with van der Waals surface area (Å²) in [6.07, 6.45) is 1.28. The van der Waals surface area contributed by atoms with Crippen molar-refractivity contribution in [2.75, 3.05) is 18.6 Å². The van der Waals surface area contributed by atoms with Crippen molar-refractivity contribution in [2.45, 2.75) is 0 Å². The number of ether oxygens (including phenoxy) is 2. The number of hydrogen-bond donors (Lipinski definition) is 2. The minimum Gasteiger partial charge on any atom is -0.493 e. The van der Waals surface area contributed by atoms with Gasteiger partial charge in [-0.1, -0.05) is 11.6 Å². The zero-order chi connectivity index (χ0) is 22.7. The van der Waals surface area contributed by atoms with E-state index in [1.54, 1.807) is 0 Å². The van der Waals surface area contributed by atoms with E-state index in [9.17, 15) is 19.2 Å². The molecule has 1 aliphatic rings. The number of nitrogens with one attached hydrogen (secondary N) is 1. The van der Waals surface area contributed by atoms with Crippen molar-refractivity contribution in [2.24, 2.45) is 0 Å². The van der Waals surface area contributed by atoms with Gasteiger partial charge < -0.3 is 14.6 Å². The summed E-state index contributed by atoms with van der Waals surface area (Å²) in [7, 11) is 1.35. The number of anilines is 1. The van der Waals surface area contributed by atoms with Crippen molar-refractivity contribution < 1.29 is 33.8 Å². The number of carbonyl (C=O) groups excluding carboxylic acids is 3. The van der Waals surface area contributed by atoms with Crippen LogP contribution in [0.4, 0.5) is 10.5 Å². The Morgan fingerprint density at radius 1 is 1.23 bits per heavy atom. The summed E-state index contributed by atoms with van der Waals surface area (Å²) in [5.74, 6) is -2.53. The molecule has 11 heteroatoms. The number of amides is 4. The van der Waals surface area contributed by atoms with Gasteiger partial charge in [0.2, 0.25) is 0 Å². The second-order valence-electron chi connectivity index (χ2n) is 6.15. The Kier molecular flexibility index (Phi) is 6.62. The lowest BCUT2D eigenvalue weighted by Crippen LogP contribution is -2.54. The van der Waals surface area contributed by atoms with Gasteiger partial charge in [-0.25, -0.2) is 14.5 Å². The van der Waals surface area contributed by atoms with Crippen LogP contribution in [0.15, 0.2) is 46.4 Å². The Bertz CT molecular complexity index is 1120. The lowest BCUT2D eigenvalue weighted by molar-refractivity contribution is -0.139. The highest BCUT2D eigenvalue weighted by molar-refractivity contribution is 9.10. The molecule has 9 nitrogen and oxygen atoms in total. The molecule has 4 amide bonds. The summed E-state index contributed by atoms with van der Waals surface area (Å²) in [4.78, 5) is 49.1. The minimum atomic E-state index is -1.17. The summed E-state index contributed by atoms with van der Waals surface area (Å²) in [5.41, 5.74) is 0.319. The molecule has 1 saturated heterocycles. The van der Waals surface area contributed by atoms with E-state index < -0.39 is 30.4 Å². The zero-order valence-corrected chi connectivity index (χ0v) is 18.2. The van der Waals surface area contributed by atoms with E-state index in [-0.39, 0.29) is 22.8 Å². The highest BCUT2D eigenvalue weighted by atomic mass is 79.9. The fraction of sp³-hybridized carbons (Fsp3) is 0.100. The number of halogens is 2. The lowest BCUT2D eigenvalue weighted by atomic mass is 10.1. The maximum absolute atomic E-state index is 12.9. The largest absolute Gasteiger partial charge is 0.493 e. The average Bonchev–Trinajstić information content (AvgIpc) is 2.71. The van der Waals surface area contributed by atoms with Crippen LogP contribution in [0.1, 0.15) is 5.56 Å². The van der Waals surface area contributed by atoms with Crippen molar-refractivity contribution >= 4 is 63.1 Å². The van der Waals surface area contributed by atoms with Gasteiger partial charge in [-0.2, -0.15) is 0 Å². The first-order valence-corrected chi connectivity index (χ1v) is 9.77. The Hall–Kier alpha value is -3.37. The van der Waals surface area contributed by atoms with Crippen LogP contribution < -0.4 is 19.7 Å². The Balaban J connectivity index is 1.99. The molecule has 160 valence electrons. The van der Waals surface area contributed by atoms with Gasteiger partial charge in [-0.15, -0.1) is 0 Å². The number of carboxylic acids is 1. The van der Waals surface area contributed by atoms with Crippen molar-refractivity contribution in [3.63, 3.8) is 0 Å². The van der Waals surface area contributed by atoms with Gasteiger partial charge >= 0.3 is 12.0 Å². The van der Waals surface area contributed by atoms with E-state index in [1.165, 1.54) is 49.6 Å². The molecule has 1 fully saturated rings. The summed E-state index contributed by atoms with van der Waals surface area (Å²) in [6.45, 7) is -0.589. The third-order valence-corrected chi connectivity index (χ3v) is 4.93. The number of rotatable bonds is 6. The molecule has 2 aromatic rings. The molecule has 0 aromatic heterocycles. The van der Waals surface area contributed by atoms with E-state index in [1.807, 2.05) is 0 Å². The van der Waals surface area contributed by atoms with E-state index in [0.717, 1.165) is 4.90 Å². The molecule has 1 aliphatic heterocycles. The fourth-order valence-corrected chi connectivity index (χ4v) is 3.45. The van der Waals surface area contributed by atoms with Gasteiger partial charge in [0.15, 0.2) is 18.1 Å². The molecule has 31 heavy (non-hydrogen) atoms. The van der Waals surface area contributed by atoms with Crippen molar-refractivity contribution in [1.29, 1.82) is 0 Å². The first kappa shape index (κ1) is 22.3. The van der Waals surface area contributed by atoms with Crippen LogP contribution in [0.25, 0.3) is 6.08 Å². The highest BCUT2D eigenvalue weighted by Gasteiger charge is 2.36. The van der Waals surface area contributed by atoms with Crippen LogP contribution >= 0.6 is 27.5 Å². The second kappa shape index (κ2) is 9.19. The molecule has 0 aliphatic carbocycles. The normalized spacial score (nSPS) is 15.1. The van der Waals surface area contributed by atoms with Crippen LogP contribution in [0, 0.1) is 0 Å². The molecular formula is C20H14BrClN2O7. The van der Waals surface area contributed by atoms with E-state index >= 15 is 0 Å². The van der Waals surface area contributed by atoms with Gasteiger partial charge in [0.25, 0.3) is 11.8 Å². The Morgan fingerprint density at radius 2 is 1.90 bits per heavy atom. The first-order chi connectivity index (χ1) is 14.7. The number of methoxy groups -OCH3 is 1. The number of carboxylic acid groups (broad SMARTS) is 1. The first-order valence-electron chi connectivity index (χ1n) is 8.60. The standard InChI is InChI=1S/C20H14BrClN2O7/c1-30-15-8-10(7-14(21)17(15)31-9-16(25)26)6-13-18(27)23-20(29)24(19(13)28)12-4-2-11(22)3-5-12/h2-8H,9H2,1H3,(H,25,26)(H,23,27,29). The maximum atomic E-state index is 12.9. The lowest BCUT2D eigenvalue weighted by Gasteiger charge is -2.26. The average molecular weight is 510 g/mol. The topological polar surface area (TPSA) is 122 Å². The maximum Gasteiger partial charge on any atom is 0.341 e. The van der Waals surface area contributed by atoms with Gasteiger partial charge in [0.05, 0.1) is 17.3 Å². The highest BCUT2D eigenvalue weighted by Crippen LogP contribution is 2.37. The molecule has 2 N–H and O–H groups in total. The SMILES string of the molecule is COc1cc(C=C2C(=O)NC(=O)N(c3ccc(Cl)cc3)C2=O)cc(Br)c1OCC(=O)O. The fourth-order valence-electron chi connectivity index (χ4n) is 2.75. The molecule has 0 atom stereocenters. The van der Waals surface area contributed by atoms with Gasteiger partial charge in [-0.05, 0) is 64.0 Å². The van der Waals surface area contributed by atoms with Crippen molar-refractivity contribution in [3.8, 4) is 11.5 Å². The van der Waals surface area contributed by atoms with Crippen LogP contribution in [-0.2, 0) is 14.4 Å². The van der Waals surface area contributed by atoms with E-state index in [0.29, 0.717) is 15.1 Å². The van der Waals surface area contributed by atoms with Crippen LogP contribution in [-0.4, -0.2) is 42.6 Å². The molecule has 0 unspecified atom stereocenters. The molecule has 1 heterocycles.